The summed E-state index contributed by atoms with van der Waals surface area (Å²) in [6, 6.07) is 61.2. The van der Waals surface area contributed by atoms with Crippen molar-refractivity contribution in [3.05, 3.63) is 181 Å². The minimum absolute atomic E-state index is 0.0568. The lowest BCUT2D eigenvalue weighted by Crippen LogP contribution is -2.14. The van der Waals surface area contributed by atoms with E-state index in [1.165, 1.54) is 60.1 Å². The number of benzene rings is 8. The maximum absolute atomic E-state index is 5.10. The maximum atomic E-state index is 5.10. The molecule has 0 saturated carbocycles. The Morgan fingerprint density at radius 1 is 0.333 bits per heavy atom. The van der Waals surface area contributed by atoms with Crippen LogP contribution in [0, 0.1) is 0 Å². The Morgan fingerprint density at radius 3 is 1.57 bits per heavy atom. The Hall–Kier alpha value is -6.38. The fraction of sp³-hybridized carbons (Fsp3) is 0.0612. The van der Waals surface area contributed by atoms with Crippen LogP contribution in [-0.4, -0.2) is 9.97 Å². The van der Waals surface area contributed by atoms with Gasteiger partial charge < -0.3 is 0 Å². The molecule has 51 heavy (non-hydrogen) atoms. The van der Waals surface area contributed by atoms with Gasteiger partial charge in [-0.2, -0.15) is 0 Å². The van der Waals surface area contributed by atoms with E-state index in [0.29, 0.717) is 5.82 Å². The molecule has 0 aliphatic heterocycles. The summed E-state index contributed by atoms with van der Waals surface area (Å²) < 4.78 is 0. The van der Waals surface area contributed by atoms with Gasteiger partial charge in [-0.3, -0.25) is 0 Å². The summed E-state index contributed by atoms with van der Waals surface area (Å²) >= 11 is 0. The van der Waals surface area contributed by atoms with Crippen molar-refractivity contribution in [2.45, 2.75) is 19.3 Å². The summed E-state index contributed by atoms with van der Waals surface area (Å²) in [5.41, 5.74) is 12.7. The van der Waals surface area contributed by atoms with Crippen LogP contribution in [0.4, 0.5) is 0 Å². The van der Waals surface area contributed by atoms with Gasteiger partial charge in [-0.15, -0.1) is 0 Å². The van der Waals surface area contributed by atoms with Crippen LogP contribution in [-0.2, 0) is 5.41 Å². The van der Waals surface area contributed by atoms with E-state index in [1.807, 2.05) is 12.1 Å². The zero-order valence-electron chi connectivity index (χ0n) is 28.6. The molecule has 1 aliphatic carbocycles. The SMILES string of the molecule is CC1(C)c2ccccc2-c2cc3c4ccccc4c4cc(-c5cccc(-c6nc(-c7ccccc7)cc(-c7ccccc7)n6)c5)ccc4c3cc21. The molecule has 9 aromatic rings. The van der Waals surface area contributed by atoms with Gasteiger partial charge in [0.2, 0.25) is 0 Å². The van der Waals surface area contributed by atoms with Crippen LogP contribution < -0.4 is 0 Å². The third-order valence-corrected chi connectivity index (χ3v) is 10.9. The molecule has 0 unspecified atom stereocenters. The summed E-state index contributed by atoms with van der Waals surface area (Å²) in [7, 11) is 0. The van der Waals surface area contributed by atoms with E-state index in [4.69, 9.17) is 9.97 Å². The molecule has 2 nitrogen and oxygen atoms in total. The lowest BCUT2D eigenvalue weighted by molar-refractivity contribution is 0.661. The maximum Gasteiger partial charge on any atom is 0.160 e. The van der Waals surface area contributed by atoms with E-state index in [9.17, 15) is 0 Å². The Kier molecular flexibility index (Phi) is 6.56. The van der Waals surface area contributed by atoms with Crippen LogP contribution in [0.3, 0.4) is 0 Å². The normalized spacial score (nSPS) is 13.1. The van der Waals surface area contributed by atoms with Gasteiger partial charge in [0.25, 0.3) is 0 Å². The molecule has 0 amide bonds. The Balaban J connectivity index is 1.14. The van der Waals surface area contributed by atoms with Crippen molar-refractivity contribution >= 4 is 32.3 Å². The summed E-state index contributed by atoms with van der Waals surface area (Å²) in [6.45, 7) is 4.72. The number of hydrogen-bond donors (Lipinski definition) is 0. The minimum Gasteiger partial charge on any atom is -0.228 e. The van der Waals surface area contributed by atoms with Crippen LogP contribution in [0.1, 0.15) is 25.0 Å². The predicted molar refractivity (Wildman–Crippen MR) is 214 cm³/mol. The van der Waals surface area contributed by atoms with Crippen LogP contribution in [0.2, 0.25) is 0 Å². The molecule has 0 spiro atoms. The summed E-state index contributed by atoms with van der Waals surface area (Å²) in [5, 5.41) is 7.73. The van der Waals surface area contributed by atoms with Gasteiger partial charge in [-0.05, 0) is 96.0 Å². The van der Waals surface area contributed by atoms with Gasteiger partial charge >= 0.3 is 0 Å². The van der Waals surface area contributed by atoms with Gasteiger partial charge in [0.1, 0.15) is 0 Å². The summed E-state index contributed by atoms with van der Waals surface area (Å²) in [4.78, 5) is 10.2. The number of rotatable bonds is 4. The van der Waals surface area contributed by atoms with E-state index in [1.54, 1.807) is 0 Å². The van der Waals surface area contributed by atoms with E-state index in [-0.39, 0.29) is 5.41 Å². The predicted octanol–water partition coefficient (Wildman–Crippen LogP) is 12.9. The van der Waals surface area contributed by atoms with Crippen LogP contribution >= 0.6 is 0 Å². The molecule has 240 valence electrons. The molecule has 0 saturated heterocycles. The van der Waals surface area contributed by atoms with Crippen molar-refractivity contribution in [3.63, 3.8) is 0 Å². The molecule has 1 heterocycles. The number of aromatic nitrogens is 2. The van der Waals surface area contributed by atoms with Crippen molar-refractivity contribution in [3.8, 4) is 56.2 Å². The molecule has 1 aromatic heterocycles. The second-order valence-corrected chi connectivity index (χ2v) is 14.2. The van der Waals surface area contributed by atoms with Gasteiger partial charge in [-0.1, -0.05) is 153 Å². The zero-order chi connectivity index (χ0) is 34.1. The van der Waals surface area contributed by atoms with Crippen molar-refractivity contribution in [1.29, 1.82) is 0 Å². The number of nitrogens with zero attached hydrogens (tertiary/aromatic N) is 2. The van der Waals surface area contributed by atoms with E-state index in [2.05, 4.69) is 172 Å². The molecule has 2 heteroatoms. The van der Waals surface area contributed by atoms with Crippen LogP contribution in [0.25, 0.3) is 88.5 Å². The van der Waals surface area contributed by atoms with Crippen molar-refractivity contribution in [1.82, 2.24) is 9.97 Å². The standard InChI is InChI=1S/C49H34N2/c1-49(2)44-23-12-11-22-39(44)43-28-41-37-21-10-9-20-36(37)40-27-34(24-25-38(40)42(41)29-45(43)49)33-18-13-19-35(26-33)48-50-46(31-14-5-3-6-15-31)30-47(51-48)32-16-7-4-8-17-32/h3-30H,1-2H3. The van der Waals surface area contributed by atoms with Crippen molar-refractivity contribution in [2.24, 2.45) is 0 Å². The van der Waals surface area contributed by atoms with Gasteiger partial charge in [0.15, 0.2) is 5.82 Å². The first-order valence-corrected chi connectivity index (χ1v) is 17.7. The molecule has 10 rings (SSSR count). The monoisotopic (exact) mass is 650 g/mol. The van der Waals surface area contributed by atoms with E-state index >= 15 is 0 Å². The second kappa shape index (κ2) is 11.3. The van der Waals surface area contributed by atoms with Crippen molar-refractivity contribution in [2.75, 3.05) is 0 Å². The van der Waals surface area contributed by atoms with Gasteiger partial charge in [-0.25, -0.2) is 9.97 Å². The molecule has 0 radical (unpaired) electrons. The highest BCUT2D eigenvalue weighted by Crippen LogP contribution is 2.51. The first kappa shape index (κ1) is 29.5. The molecule has 0 N–H and O–H groups in total. The Labute approximate surface area is 297 Å². The Bertz CT molecular complexity index is 2760. The lowest BCUT2D eigenvalue weighted by Gasteiger charge is -2.22. The van der Waals surface area contributed by atoms with E-state index in [0.717, 1.165) is 33.6 Å². The Morgan fingerprint density at radius 2 is 0.863 bits per heavy atom. The second-order valence-electron chi connectivity index (χ2n) is 14.2. The van der Waals surface area contributed by atoms with Crippen molar-refractivity contribution < 1.29 is 0 Å². The molecular weight excluding hydrogens is 617 g/mol. The van der Waals surface area contributed by atoms with Gasteiger partial charge in [0.05, 0.1) is 11.4 Å². The zero-order valence-corrected chi connectivity index (χ0v) is 28.6. The highest BCUT2D eigenvalue weighted by Gasteiger charge is 2.35. The van der Waals surface area contributed by atoms with E-state index < -0.39 is 0 Å². The lowest BCUT2D eigenvalue weighted by atomic mass is 9.81. The summed E-state index contributed by atoms with van der Waals surface area (Å²) in [5.74, 6) is 0.715. The first-order valence-electron chi connectivity index (χ1n) is 17.7. The topological polar surface area (TPSA) is 25.8 Å². The molecule has 0 fully saturated rings. The number of hydrogen-bond acceptors (Lipinski definition) is 2. The molecule has 0 atom stereocenters. The average Bonchev–Trinajstić information content (AvgIpc) is 3.43. The minimum atomic E-state index is -0.0568. The third-order valence-electron chi connectivity index (χ3n) is 10.9. The molecule has 1 aliphatic rings. The number of fused-ring (bicyclic) bond motifs is 9. The van der Waals surface area contributed by atoms with Crippen LogP contribution in [0.5, 0.6) is 0 Å². The fourth-order valence-corrected chi connectivity index (χ4v) is 8.26. The van der Waals surface area contributed by atoms with Gasteiger partial charge in [0, 0.05) is 22.1 Å². The largest absolute Gasteiger partial charge is 0.228 e. The molecule has 8 aromatic carbocycles. The highest BCUT2D eigenvalue weighted by molar-refractivity contribution is 6.26. The average molecular weight is 651 g/mol. The molecule has 0 bridgehead atoms. The highest BCUT2D eigenvalue weighted by atomic mass is 14.9. The smallest absolute Gasteiger partial charge is 0.160 e. The first-order chi connectivity index (χ1) is 25.0. The molecular formula is C49H34N2. The fourth-order valence-electron chi connectivity index (χ4n) is 8.26. The third kappa shape index (κ3) is 4.71. The quantitative estimate of drug-likeness (QED) is 0.177. The summed E-state index contributed by atoms with van der Waals surface area (Å²) in [6.07, 6.45) is 0. The van der Waals surface area contributed by atoms with Crippen LogP contribution in [0.15, 0.2) is 170 Å².